The van der Waals surface area contributed by atoms with Crippen molar-refractivity contribution in [1.82, 2.24) is 25.5 Å². The second-order valence-electron chi connectivity index (χ2n) is 10.7. The highest BCUT2D eigenvalue weighted by Gasteiger charge is 2.24. The topological polar surface area (TPSA) is 143 Å². The molecule has 0 radical (unpaired) electrons. The van der Waals surface area contributed by atoms with Gasteiger partial charge in [-0.15, -0.1) is 10.2 Å². The van der Waals surface area contributed by atoms with Crippen molar-refractivity contribution in [1.29, 1.82) is 0 Å². The first-order chi connectivity index (χ1) is 21.0. The van der Waals surface area contributed by atoms with Crippen molar-refractivity contribution >= 4 is 23.4 Å². The number of nitrogen functional groups attached to an aromatic ring is 1. The lowest BCUT2D eigenvalue weighted by Crippen LogP contribution is -2.35. The number of phenolic OH excluding ortho intramolecular Hbond substituents is 1. The summed E-state index contributed by atoms with van der Waals surface area (Å²) in [6, 6.07) is 11.0. The van der Waals surface area contributed by atoms with Crippen LogP contribution in [0.4, 0.5) is 22.1 Å². The molecule has 1 aliphatic heterocycles. The number of allylic oxidation sites excluding steroid dienone is 2. The van der Waals surface area contributed by atoms with Gasteiger partial charge in [-0.3, -0.25) is 0 Å². The quantitative estimate of drug-likeness (QED) is 0.294. The van der Waals surface area contributed by atoms with Gasteiger partial charge in [-0.2, -0.15) is 0 Å². The predicted octanol–water partition coefficient (Wildman–Crippen LogP) is 4.29. The lowest BCUT2D eigenvalue weighted by Gasteiger charge is -2.28. The maximum absolute atomic E-state index is 12.2. The average Bonchev–Trinajstić information content (AvgIpc) is 3.19. The molecule has 1 aliphatic carbocycles. The van der Waals surface area contributed by atoms with E-state index in [0.717, 1.165) is 56.6 Å². The zero-order valence-corrected chi connectivity index (χ0v) is 24.4. The molecule has 0 bridgehead atoms. The summed E-state index contributed by atoms with van der Waals surface area (Å²) in [4.78, 5) is 25.7. The number of benzene rings is 1. The van der Waals surface area contributed by atoms with Gasteiger partial charge in [0, 0.05) is 37.4 Å². The summed E-state index contributed by atoms with van der Waals surface area (Å²) >= 11 is 0. The zero-order chi connectivity index (χ0) is 30.0. The van der Waals surface area contributed by atoms with Crippen LogP contribution >= 0.6 is 0 Å². The Labute approximate surface area is 252 Å². The summed E-state index contributed by atoms with van der Waals surface area (Å²) in [5, 5.41) is 21.4. The van der Waals surface area contributed by atoms with Crippen LogP contribution in [-0.4, -0.2) is 69.7 Å². The van der Waals surface area contributed by atoms with Crippen molar-refractivity contribution < 1.29 is 14.6 Å². The number of phenols is 1. The minimum Gasteiger partial charge on any atom is -0.507 e. The third-order valence-electron chi connectivity index (χ3n) is 7.73. The minimum atomic E-state index is -0.445. The maximum atomic E-state index is 12.2. The fourth-order valence-electron chi connectivity index (χ4n) is 5.35. The minimum absolute atomic E-state index is 0.0602. The normalized spacial score (nSPS) is 19.7. The number of aromatic nitrogens is 4. The zero-order valence-electron chi connectivity index (χ0n) is 24.4. The Kier molecular flexibility index (Phi) is 9.90. The maximum Gasteiger partial charge on any atom is 0.408 e. The van der Waals surface area contributed by atoms with Crippen LogP contribution in [0.2, 0.25) is 0 Å². The summed E-state index contributed by atoms with van der Waals surface area (Å²) in [5.74, 6) is 7.56. The second kappa shape index (κ2) is 14.4. The van der Waals surface area contributed by atoms with Gasteiger partial charge in [0.15, 0.2) is 5.82 Å². The summed E-state index contributed by atoms with van der Waals surface area (Å²) in [7, 11) is 0. The predicted molar refractivity (Wildman–Crippen MR) is 167 cm³/mol. The molecule has 5 rings (SSSR count). The molecule has 3 aromatic rings. The number of nitrogens with zero attached hydrogens (tertiary/aromatic N) is 6. The number of nitrogens with one attached hydrogen (secondary N) is 1. The molecule has 0 unspecified atom stereocenters. The van der Waals surface area contributed by atoms with E-state index in [-0.39, 0.29) is 24.4 Å². The van der Waals surface area contributed by atoms with Crippen LogP contribution in [0.3, 0.4) is 0 Å². The number of hydrogen-bond donors (Lipinski definition) is 3. The molecular weight excluding hydrogens is 544 g/mol. The van der Waals surface area contributed by atoms with Gasteiger partial charge in [0.2, 0.25) is 5.82 Å². The molecule has 2 aromatic heterocycles. The van der Waals surface area contributed by atoms with Gasteiger partial charge in [-0.1, -0.05) is 30.2 Å². The van der Waals surface area contributed by atoms with Gasteiger partial charge in [0.1, 0.15) is 17.7 Å². The van der Waals surface area contributed by atoms with Crippen LogP contribution in [0.1, 0.15) is 51.3 Å². The number of anilines is 3. The molecule has 43 heavy (non-hydrogen) atoms. The van der Waals surface area contributed by atoms with Gasteiger partial charge in [0.25, 0.3) is 0 Å². The van der Waals surface area contributed by atoms with Gasteiger partial charge < -0.3 is 30.7 Å². The number of rotatable bonds is 5. The van der Waals surface area contributed by atoms with Crippen molar-refractivity contribution in [3.63, 3.8) is 0 Å². The number of carbonyl (C=O) groups excluding carboxylic acids is 1. The molecule has 1 saturated heterocycles. The van der Waals surface area contributed by atoms with E-state index in [1.807, 2.05) is 18.2 Å². The van der Waals surface area contributed by atoms with Crippen molar-refractivity contribution in [2.75, 3.05) is 41.7 Å². The van der Waals surface area contributed by atoms with Gasteiger partial charge >= 0.3 is 6.09 Å². The van der Waals surface area contributed by atoms with Gasteiger partial charge in [-0.05, 0) is 75.6 Å². The van der Waals surface area contributed by atoms with Gasteiger partial charge in [-0.25, -0.2) is 14.8 Å². The van der Waals surface area contributed by atoms with E-state index in [1.54, 1.807) is 24.4 Å². The molecule has 11 nitrogen and oxygen atoms in total. The largest absolute Gasteiger partial charge is 0.507 e. The number of amides is 1. The number of para-hydroxylation sites is 1. The Bertz CT molecular complexity index is 1500. The first kappa shape index (κ1) is 29.6. The van der Waals surface area contributed by atoms with Gasteiger partial charge in [0.05, 0.1) is 17.9 Å². The fourth-order valence-corrected chi connectivity index (χ4v) is 5.35. The van der Waals surface area contributed by atoms with E-state index in [1.165, 1.54) is 0 Å². The first-order valence-electron chi connectivity index (χ1n) is 14.8. The lowest BCUT2D eigenvalue weighted by molar-refractivity contribution is 0.0873. The number of carbonyl (C=O) groups is 1. The third-order valence-corrected chi connectivity index (χ3v) is 7.73. The highest BCUT2D eigenvalue weighted by molar-refractivity contribution is 5.74. The van der Waals surface area contributed by atoms with Crippen LogP contribution < -0.4 is 20.9 Å². The van der Waals surface area contributed by atoms with E-state index < -0.39 is 6.09 Å². The number of nitrogens with two attached hydrogens (primary N) is 1. The standard InChI is InChI=1S/C32H38N8O3/c1-23-16-19-39(27-22-26(37-38-31(27)33)25-12-7-8-13-28(25)41)20-21-40(23)30-15-18-34-29(36-30)14-9-17-35-32(42)43-24-10-5-3-2-4-6-11-24/h2-3,7-8,12-13,15,18,22-24,41H,4-6,10-11,16-17,19-21H2,1H3,(H2,33,38)(H,35,42)/b3-2-/t23-,24+/m1/s1. The Morgan fingerprint density at radius 1 is 1.12 bits per heavy atom. The molecule has 1 fully saturated rings. The monoisotopic (exact) mass is 582 g/mol. The smallest absolute Gasteiger partial charge is 0.408 e. The summed E-state index contributed by atoms with van der Waals surface area (Å²) in [5.41, 5.74) is 8.22. The molecular formula is C32H38N8O3. The van der Waals surface area contributed by atoms with Crippen LogP contribution in [-0.2, 0) is 4.74 Å². The highest BCUT2D eigenvalue weighted by Crippen LogP contribution is 2.32. The van der Waals surface area contributed by atoms with Crippen LogP contribution in [0.5, 0.6) is 5.75 Å². The van der Waals surface area contributed by atoms with E-state index in [9.17, 15) is 9.90 Å². The highest BCUT2D eigenvalue weighted by atomic mass is 16.6. The Morgan fingerprint density at radius 2 is 1.98 bits per heavy atom. The average molecular weight is 583 g/mol. The lowest BCUT2D eigenvalue weighted by atomic mass is 10.0. The first-order valence-corrected chi connectivity index (χ1v) is 14.8. The molecule has 2 atom stereocenters. The van der Waals surface area contributed by atoms with E-state index >= 15 is 0 Å². The molecule has 224 valence electrons. The Balaban J connectivity index is 1.19. The molecule has 0 saturated carbocycles. The van der Waals surface area contributed by atoms with E-state index in [4.69, 9.17) is 15.5 Å². The summed E-state index contributed by atoms with van der Waals surface area (Å²) in [6.45, 7) is 4.47. The van der Waals surface area contributed by atoms with Crippen LogP contribution in [0.15, 0.2) is 54.7 Å². The molecule has 1 aromatic carbocycles. The molecule has 4 N–H and O–H groups in total. The number of alkyl carbamates (subject to hydrolysis) is 1. The molecule has 2 aliphatic rings. The third kappa shape index (κ3) is 7.92. The van der Waals surface area contributed by atoms with Crippen molar-refractivity contribution in [3.05, 3.63) is 60.6 Å². The molecule has 0 spiro atoms. The second-order valence-corrected chi connectivity index (χ2v) is 10.7. The molecule has 3 heterocycles. The van der Waals surface area contributed by atoms with Crippen molar-refractivity contribution in [3.8, 4) is 28.8 Å². The summed E-state index contributed by atoms with van der Waals surface area (Å²) in [6.07, 6.45) is 11.1. The van der Waals surface area contributed by atoms with Crippen LogP contribution in [0.25, 0.3) is 11.3 Å². The fraction of sp³-hybridized carbons (Fsp3) is 0.406. The molecule has 11 heteroatoms. The number of ether oxygens (including phenoxy) is 1. The van der Waals surface area contributed by atoms with E-state index in [2.05, 4.69) is 61.2 Å². The Hall–Kier alpha value is -4.85. The summed E-state index contributed by atoms with van der Waals surface area (Å²) < 4.78 is 5.56. The van der Waals surface area contributed by atoms with E-state index in [0.29, 0.717) is 36.0 Å². The van der Waals surface area contributed by atoms with Crippen molar-refractivity contribution in [2.24, 2.45) is 0 Å². The van der Waals surface area contributed by atoms with Crippen LogP contribution in [0, 0.1) is 11.8 Å². The molecule has 1 amide bonds. The number of aromatic hydroxyl groups is 1. The SMILES string of the molecule is C[C@@H]1CCN(c2cc(-c3ccccc3O)nnc2N)CCN1c1ccnc(C#CCNC(=O)O[C@H]2CC/C=C\CCC2)n1. The number of hydrogen-bond acceptors (Lipinski definition) is 10. The van der Waals surface area contributed by atoms with Crippen molar-refractivity contribution in [2.45, 2.75) is 57.6 Å². The Morgan fingerprint density at radius 3 is 2.86 bits per heavy atom.